The van der Waals surface area contributed by atoms with Crippen molar-refractivity contribution in [1.82, 2.24) is 10.3 Å². The molecule has 0 bridgehead atoms. The van der Waals surface area contributed by atoms with Crippen molar-refractivity contribution in [1.29, 1.82) is 5.26 Å². The molecule has 6 nitrogen and oxygen atoms in total. The summed E-state index contributed by atoms with van der Waals surface area (Å²) in [5, 5.41) is 11.9. The van der Waals surface area contributed by atoms with Gasteiger partial charge in [-0.05, 0) is 42.3 Å². The van der Waals surface area contributed by atoms with Gasteiger partial charge in [-0.25, -0.2) is 0 Å². The first kappa shape index (κ1) is 17.2. The SMILES string of the molecule is COc1ccc(CCNC(=O)C(C#N)=Cc2ccc[nH]2)cc1OC. The molecule has 24 heavy (non-hydrogen) atoms. The van der Waals surface area contributed by atoms with Gasteiger partial charge in [0.15, 0.2) is 11.5 Å². The van der Waals surface area contributed by atoms with E-state index in [9.17, 15) is 4.79 Å². The minimum absolute atomic E-state index is 0.0600. The highest BCUT2D eigenvalue weighted by Gasteiger charge is 2.09. The molecule has 0 spiro atoms. The van der Waals surface area contributed by atoms with Crippen LogP contribution in [0.1, 0.15) is 11.3 Å². The van der Waals surface area contributed by atoms with Gasteiger partial charge in [0.05, 0.1) is 14.2 Å². The number of rotatable bonds is 7. The van der Waals surface area contributed by atoms with E-state index in [0.717, 1.165) is 5.56 Å². The normalized spacial score (nSPS) is 10.8. The summed E-state index contributed by atoms with van der Waals surface area (Å²) < 4.78 is 10.4. The van der Waals surface area contributed by atoms with Gasteiger partial charge in [-0.3, -0.25) is 4.79 Å². The van der Waals surface area contributed by atoms with Crippen molar-refractivity contribution in [2.24, 2.45) is 0 Å². The molecule has 6 heteroatoms. The van der Waals surface area contributed by atoms with E-state index >= 15 is 0 Å². The third-order valence-electron chi connectivity index (χ3n) is 3.43. The van der Waals surface area contributed by atoms with Gasteiger partial charge in [0.25, 0.3) is 5.91 Å². The van der Waals surface area contributed by atoms with Gasteiger partial charge < -0.3 is 19.8 Å². The number of benzene rings is 1. The number of hydrogen-bond acceptors (Lipinski definition) is 4. The number of carbonyl (C=O) groups excluding carboxylic acids is 1. The van der Waals surface area contributed by atoms with Crippen molar-refractivity contribution in [3.05, 3.63) is 53.4 Å². The number of aromatic nitrogens is 1. The monoisotopic (exact) mass is 325 g/mol. The van der Waals surface area contributed by atoms with E-state index in [1.165, 1.54) is 6.08 Å². The Labute approximate surface area is 140 Å². The van der Waals surface area contributed by atoms with Crippen LogP contribution in [0.5, 0.6) is 11.5 Å². The van der Waals surface area contributed by atoms with Crippen LogP contribution in [0, 0.1) is 11.3 Å². The third kappa shape index (κ3) is 4.40. The van der Waals surface area contributed by atoms with E-state index in [4.69, 9.17) is 14.7 Å². The summed E-state index contributed by atoms with van der Waals surface area (Å²) in [7, 11) is 3.16. The predicted octanol–water partition coefficient (Wildman–Crippen LogP) is 2.30. The van der Waals surface area contributed by atoms with Crippen LogP contribution in [-0.2, 0) is 11.2 Å². The third-order valence-corrected chi connectivity index (χ3v) is 3.43. The van der Waals surface area contributed by atoms with E-state index in [1.54, 1.807) is 32.5 Å². The number of nitrogens with zero attached hydrogens (tertiary/aromatic N) is 1. The van der Waals surface area contributed by atoms with Crippen molar-refractivity contribution in [2.45, 2.75) is 6.42 Å². The smallest absolute Gasteiger partial charge is 0.262 e. The zero-order chi connectivity index (χ0) is 17.4. The summed E-state index contributed by atoms with van der Waals surface area (Å²) in [6.07, 6.45) is 3.87. The van der Waals surface area contributed by atoms with Gasteiger partial charge in [-0.1, -0.05) is 6.07 Å². The molecule has 0 aliphatic rings. The molecule has 0 radical (unpaired) electrons. The summed E-state index contributed by atoms with van der Waals surface area (Å²) in [4.78, 5) is 15.0. The molecule has 1 aromatic carbocycles. The first-order valence-corrected chi connectivity index (χ1v) is 7.42. The lowest BCUT2D eigenvalue weighted by molar-refractivity contribution is -0.117. The number of nitriles is 1. The second-order valence-corrected chi connectivity index (χ2v) is 4.99. The highest BCUT2D eigenvalue weighted by molar-refractivity contribution is 6.01. The molecule has 0 aliphatic carbocycles. The first-order valence-electron chi connectivity index (χ1n) is 7.42. The molecule has 1 amide bonds. The van der Waals surface area contributed by atoms with Gasteiger partial charge in [-0.2, -0.15) is 5.26 Å². The van der Waals surface area contributed by atoms with Crippen molar-refractivity contribution < 1.29 is 14.3 Å². The number of nitrogens with one attached hydrogen (secondary N) is 2. The van der Waals surface area contributed by atoms with Crippen molar-refractivity contribution in [3.63, 3.8) is 0 Å². The average Bonchev–Trinajstić information content (AvgIpc) is 3.12. The minimum atomic E-state index is -0.396. The fraction of sp³-hybridized carbons (Fsp3) is 0.222. The molecule has 2 aromatic rings. The second kappa shape index (κ2) is 8.44. The van der Waals surface area contributed by atoms with Gasteiger partial charge in [0, 0.05) is 18.4 Å². The molecule has 0 unspecified atom stereocenters. The van der Waals surface area contributed by atoms with E-state index < -0.39 is 5.91 Å². The van der Waals surface area contributed by atoms with Crippen molar-refractivity contribution in [3.8, 4) is 17.6 Å². The molecule has 2 rings (SSSR count). The first-order chi connectivity index (χ1) is 11.7. The number of H-pyrrole nitrogens is 1. The molecule has 0 aliphatic heterocycles. The Morgan fingerprint density at radius 1 is 1.29 bits per heavy atom. The lowest BCUT2D eigenvalue weighted by Crippen LogP contribution is -2.26. The topological polar surface area (TPSA) is 87.1 Å². The zero-order valence-corrected chi connectivity index (χ0v) is 13.6. The Balaban J connectivity index is 1.94. The number of aromatic amines is 1. The van der Waals surface area contributed by atoms with Crippen molar-refractivity contribution in [2.75, 3.05) is 20.8 Å². The van der Waals surface area contributed by atoms with Crippen LogP contribution >= 0.6 is 0 Å². The molecule has 0 saturated carbocycles. The molecule has 0 fully saturated rings. The van der Waals surface area contributed by atoms with E-state index in [-0.39, 0.29) is 5.57 Å². The maximum Gasteiger partial charge on any atom is 0.262 e. The van der Waals surface area contributed by atoms with Crippen LogP contribution < -0.4 is 14.8 Å². The van der Waals surface area contributed by atoms with E-state index in [1.807, 2.05) is 24.3 Å². The van der Waals surface area contributed by atoms with Gasteiger partial charge in [0.1, 0.15) is 11.6 Å². The number of amides is 1. The fourth-order valence-electron chi connectivity index (χ4n) is 2.19. The highest BCUT2D eigenvalue weighted by atomic mass is 16.5. The zero-order valence-electron chi connectivity index (χ0n) is 13.6. The number of ether oxygens (including phenoxy) is 2. The van der Waals surface area contributed by atoms with E-state index in [2.05, 4.69) is 10.3 Å². The minimum Gasteiger partial charge on any atom is -0.493 e. The lowest BCUT2D eigenvalue weighted by Gasteiger charge is -2.10. The molecule has 124 valence electrons. The Bertz CT molecular complexity index is 758. The van der Waals surface area contributed by atoms with Gasteiger partial charge in [-0.15, -0.1) is 0 Å². The maximum absolute atomic E-state index is 12.1. The Morgan fingerprint density at radius 2 is 2.08 bits per heavy atom. The number of hydrogen-bond donors (Lipinski definition) is 2. The van der Waals surface area contributed by atoms with Crippen molar-refractivity contribution >= 4 is 12.0 Å². The Morgan fingerprint density at radius 3 is 2.71 bits per heavy atom. The molecular weight excluding hydrogens is 306 g/mol. The molecule has 0 saturated heterocycles. The largest absolute Gasteiger partial charge is 0.493 e. The molecule has 1 heterocycles. The molecular formula is C18H19N3O3. The average molecular weight is 325 g/mol. The summed E-state index contributed by atoms with van der Waals surface area (Å²) in [5.74, 6) is 0.907. The van der Waals surface area contributed by atoms with Crippen LogP contribution in [0.25, 0.3) is 6.08 Å². The van der Waals surface area contributed by atoms with E-state index in [0.29, 0.717) is 30.2 Å². The van der Waals surface area contributed by atoms with Crippen LogP contribution in [0.2, 0.25) is 0 Å². The van der Waals surface area contributed by atoms with Gasteiger partial charge >= 0.3 is 0 Å². The quantitative estimate of drug-likeness (QED) is 0.604. The number of carbonyl (C=O) groups is 1. The lowest BCUT2D eigenvalue weighted by atomic mass is 10.1. The Hall–Kier alpha value is -3.20. The summed E-state index contributed by atoms with van der Waals surface area (Å²) >= 11 is 0. The van der Waals surface area contributed by atoms with Crippen LogP contribution in [0.15, 0.2) is 42.1 Å². The summed E-state index contributed by atoms with van der Waals surface area (Å²) in [6.45, 7) is 0.415. The molecule has 0 atom stereocenters. The van der Waals surface area contributed by atoms with Crippen LogP contribution in [0.4, 0.5) is 0 Å². The second-order valence-electron chi connectivity index (χ2n) is 4.99. The maximum atomic E-state index is 12.1. The standard InChI is InChI=1S/C18H19N3O3/c1-23-16-6-5-13(10-17(16)24-2)7-9-21-18(22)14(12-19)11-15-4-3-8-20-15/h3-6,8,10-11,20H,7,9H2,1-2H3,(H,21,22). The Kier molecular flexibility index (Phi) is 6.03. The van der Waals surface area contributed by atoms with Crippen LogP contribution in [0.3, 0.4) is 0 Å². The predicted molar refractivity (Wildman–Crippen MR) is 90.6 cm³/mol. The summed E-state index contributed by atoms with van der Waals surface area (Å²) in [5.41, 5.74) is 1.77. The summed E-state index contributed by atoms with van der Waals surface area (Å²) in [6, 6.07) is 11.1. The highest BCUT2D eigenvalue weighted by Crippen LogP contribution is 2.27. The molecule has 1 aromatic heterocycles. The van der Waals surface area contributed by atoms with Gasteiger partial charge in [0.2, 0.25) is 0 Å². The number of methoxy groups -OCH3 is 2. The fourth-order valence-corrected chi connectivity index (χ4v) is 2.19. The van der Waals surface area contributed by atoms with Crippen LogP contribution in [-0.4, -0.2) is 31.7 Å². The molecule has 2 N–H and O–H groups in total.